The largest absolute Gasteiger partial charge is 0.368 e. The molecule has 4 heteroatoms. The van der Waals surface area contributed by atoms with Crippen LogP contribution in [-0.4, -0.2) is 15.0 Å². The maximum Gasteiger partial charge on any atom is 0.223 e. The van der Waals surface area contributed by atoms with E-state index in [1.54, 1.807) is 0 Å². The number of hydrogen-bond acceptors (Lipinski definition) is 4. The van der Waals surface area contributed by atoms with Gasteiger partial charge in [0.05, 0.1) is 0 Å². The van der Waals surface area contributed by atoms with Crippen LogP contribution in [0.1, 0.15) is 26.6 Å². The van der Waals surface area contributed by atoms with E-state index in [2.05, 4.69) is 35.7 Å². The maximum atomic E-state index is 5.73. The average Bonchev–Trinajstić information content (AvgIpc) is 2.28. The number of rotatable bonds is 1. The van der Waals surface area contributed by atoms with Crippen molar-refractivity contribution in [3.05, 3.63) is 36.2 Å². The minimum absolute atomic E-state index is 0.138. The second-order valence-corrected chi connectivity index (χ2v) is 4.96. The summed E-state index contributed by atoms with van der Waals surface area (Å²) in [4.78, 5) is 12.8. The molecule has 2 N–H and O–H groups in total. The van der Waals surface area contributed by atoms with E-state index < -0.39 is 0 Å². The molecular weight excluding hydrogens is 212 g/mol. The van der Waals surface area contributed by atoms with Crippen LogP contribution in [0.25, 0.3) is 11.4 Å². The van der Waals surface area contributed by atoms with Gasteiger partial charge in [-0.25, -0.2) is 4.98 Å². The molecule has 0 fully saturated rings. The average molecular weight is 228 g/mol. The van der Waals surface area contributed by atoms with Gasteiger partial charge in [-0.15, -0.1) is 0 Å². The molecule has 0 atom stereocenters. The maximum absolute atomic E-state index is 5.73. The highest BCUT2D eigenvalue weighted by molar-refractivity contribution is 5.55. The van der Waals surface area contributed by atoms with E-state index >= 15 is 0 Å². The zero-order valence-electron chi connectivity index (χ0n) is 10.3. The Morgan fingerprint density at radius 3 is 2.18 bits per heavy atom. The molecule has 0 unspecified atom stereocenters. The van der Waals surface area contributed by atoms with Crippen molar-refractivity contribution in [2.75, 3.05) is 5.73 Å². The quantitative estimate of drug-likeness (QED) is 0.814. The predicted octanol–water partition coefficient (Wildman–Crippen LogP) is 2.42. The summed E-state index contributed by atoms with van der Waals surface area (Å²) in [6.07, 6.45) is 0. The highest BCUT2D eigenvalue weighted by Crippen LogP contribution is 2.22. The zero-order chi connectivity index (χ0) is 12.5. The predicted molar refractivity (Wildman–Crippen MR) is 68.4 cm³/mol. The smallest absolute Gasteiger partial charge is 0.223 e. The molecule has 1 heterocycles. The van der Waals surface area contributed by atoms with Crippen LogP contribution >= 0.6 is 0 Å². The SMILES string of the molecule is CC(C)(C)c1nc(N)nc(-c2ccccc2)n1. The first-order valence-corrected chi connectivity index (χ1v) is 5.54. The third-order valence-corrected chi connectivity index (χ3v) is 2.36. The van der Waals surface area contributed by atoms with Gasteiger partial charge in [0, 0.05) is 11.0 Å². The third kappa shape index (κ3) is 2.58. The summed E-state index contributed by atoms with van der Waals surface area (Å²) < 4.78 is 0. The second-order valence-electron chi connectivity index (χ2n) is 4.96. The molecule has 1 aromatic heterocycles. The fourth-order valence-corrected chi connectivity index (χ4v) is 1.44. The Morgan fingerprint density at radius 1 is 0.941 bits per heavy atom. The van der Waals surface area contributed by atoms with Crippen LogP contribution in [-0.2, 0) is 5.41 Å². The topological polar surface area (TPSA) is 64.7 Å². The first kappa shape index (κ1) is 11.5. The minimum atomic E-state index is -0.138. The van der Waals surface area contributed by atoms with E-state index in [0.29, 0.717) is 11.6 Å². The lowest BCUT2D eigenvalue weighted by Crippen LogP contribution is -2.18. The summed E-state index contributed by atoms with van der Waals surface area (Å²) in [6, 6.07) is 9.78. The number of hydrogen-bond donors (Lipinski definition) is 1. The Hall–Kier alpha value is -1.97. The first-order chi connectivity index (χ1) is 7.97. The van der Waals surface area contributed by atoms with Gasteiger partial charge in [-0.1, -0.05) is 51.1 Å². The molecule has 2 rings (SSSR count). The van der Waals surface area contributed by atoms with Crippen LogP contribution in [0.4, 0.5) is 5.95 Å². The van der Waals surface area contributed by atoms with Crippen LogP contribution in [0.3, 0.4) is 0 Å². The molecule has 1 aromatic carbocycles. The van der Waals surface area contributed by atoms with Crippen LogP contribution in [0, 0.1) is 0 Å². The van der Waals surface area contributed by atoms with Crippen molar-refractivity contribution in [2.45, 2.75) is 26.2 Å². The molecule has 0 spiro atoms. The van der Waals surface area contributed by atoms with Crippen molar-refractivity contribution >= 4 is 5.95 Å². The molecule has 0 radical (unpaired) electrons. The number of nitrogens with two attached hydrogens (primary N) is 1. The Morgan fingerprint density at radius 2 is 1.59 bits per heavy atom. The Kier molecular flexibility index (Phi) is 2.79. The minimum Gasteiger partial charge on any atom is -0.368 e. The highest BCUT2D eigenvalue weighted by atomic mass is 15.1. The molecule has 17 heavy (non-hydrogen) atoms. The Bertz CT molecular complexity index is 515. The molecule has 0 aliphatic rings. The van der Waals surface area contributed by atoms with Crippen molar-refractivity contribution < 1.29 is 0 Å². The lowest BCUT2D eigenvalue weighted by atomic mass is 9.96. The number of anilines is 1. The lowest BCUT2D eigenvalue weighted by Gasteiger charge is -2.17. The van der Waals surface area contributed by atoms with Crippen molar-refractivity contribution in [3.8, 4) is 11.4 Å². The zero-order valence-corrected chi connectivity index (χ0v) is 10.3. The summed E-state index contributed by atoms with van der Waals surface area (Å²) in [5.74, 6) is 1.61. The van der Waals surface area contributed by atoms with Crippen molar-refractivity contribution in [1.29, 1.82) is 0 Å². The van der Waals surface area contributed by atoms with Gasteiger partial charge < -0.3 is 5.73 Å². The van der Waals surface area contributed by atoms with Crippen molar-refractivity contribution in [1.82, 2.24) is 15.0 Å². The van der Waals surface area contributed by atoms with E-state index in [9.17, 15) is 0 Å². The number of nitrogens with zero attached hydrogens (tertiary/aromatic N) is 3. The molecule has 88 valence electrons. The fraction of sp³-hybridized carbons (Fsp3) is 0.308. The summed E-state index contributed by atoms with van der Waals surface area (Å²) in [5, 5.41) is 0. The molecule has 0 aliphatic heterocycles. The standard InChI is InChI=1S/C13H16N4/c1-13(2,3)11-15-10(16-12(14)17-11)9-7-5-4-6-8-9/h4-8H,1-3H3,(H2,14,15,16,17). The van der Waals surface area contributed by atoms with Gasteiger partial charge in [0.15, 0.2) is 5.82 Å². The van der Waals surface area contributed by atoms with Gasteiger partial charge in [-0.2, -0.15) is 9.97 Å². The third-order valence-electron chi connectivity index (χ3n) is 2.36. The second kappa shape index (κ2) is 4.13. The van der Waals surface area contributed by atoms with Crippen LogP contribution in [0.2, 0.25) is 0 Å². The Balaban J connectivity index is 2.54. The molecule has 0 bridgehead atoms. The molecule has 4 nitrogen and oxygen atoms in total. The summed E-state index contributed by atoms with van der Waals surface area (Å²) >= 11 is 0. The van der Waals surface area contributed by atoms with Crippen molar-refractivity contribution in [3.63, 3.8) is 0 Å². The molecule has 0 saturated carbocycles. The van der Waals surface area contributed by atoms with Crippen LogP contribution in [0.15, 0.2) is 30.3 Å². The molecule has 0 amide bonds. The molecule has 0 aliphatic carbocycles. The summed E-state index contributed by atoms with van der Waals surface area (Å²) in [6.45, 7) is 6.16. The number of nitrogen functional groups attached to an aromatic ring is 1. The van der Waals surface area contributed by atoms with E-state index in [1.807, 2.05) is 30.3 Å². The van der Waals surface area contributed by atoms with Crippen molar-refractivity contribution in [2.24, 2.45) is 0 Å². The van der Waals surface area contributed by atoms with Gasteiger partial charge >= 0.3 is 0 Å². The highest BCUT2D eigenvalue weighted by Gasteiger charge is 2.19. The Labute approximate surface area is 101 Å². The van der Waals surface area contributed by atoms with Gasteiger partial charge in [0.2, 0.25) is 5.95 Å². The van der Waals surface area contributed by atoms with E-state index in [0.717, 1.165) is 5.56 Å². The lowest BCUT2D eigenvalue weighted by molar-refractivity contribution is 0.544. The van der Waals surface area contributed by atoms with Gasteiger partial charge in [0.1, 0.15) is 5.82 Å². The van der Waals surface area contributed by atoms with E-state index in [1.165, 1.54) is 0 Å². The van der Waals surface area contributed by atoms with E-state index in [-0.39, 0.29) is 11.4 Å². The normalized spacial score (nSPS) is 11.5. The summed E-state index contributed by atoms with van der Waals surface area (Å²) in [5.41, 5.74) is 6.54. The number of aromatic nitrogens is 3. The monoisotopic (exact) mass is 228 g/mol. The first-order valence-electron chi connectivity index (χ1n) is 5.54. The summed E-state index contributed by atoms with van der Waals surface area (Å²) in [7, 11) is 0. The van der Waals surface area contributed by atoms with Gasteiger partial charge in [-0.05, 0) is 0 Å². The van der Waals surface area contributed by atoms with E-state index in [4.69, 9.17) is 5.73 Å². The van der Waals surface area contributed by atoms with Gasteiger partial charge in [-0.3, -0.25) is 0 Å². The van der Waals surface area contributed by atoms with Gasteiger partial charge in [0.25, 0.3) is 0 Å². The fourth-order valence-electron chi connectivity index (χ4n) is 1.44. The number of benzene rings is 1. The van der Waals surface area contributed by atoms with Crippen LogP contribution < -0.4 is 5.73 Å². The van der Waals surface area contributed by atoms with Crippen LogP contribution in [0.5, 0.6) is 0 Å². The molecular formula is C13H16N4. The molecule has 0 saturated heterocycles. The molecule has 2 aromatic rings.